The molecule has 0 aromatic carbocycles. The standard InChI is InChI=1S/C10H16/c1-10(9-5-6-9)7-3-2-4-8-10/h5H,2-4,6-8H2,1H3. The van der Waals surface area contributed by atoms with E-state index < -0.39 is 0 Å². The Morgan fingerprint density at radius 1 is 1.20 bits per heavy atom. The van der Waals surface area contributed by atoms with Gasteiger partial charge in [0.05, 0.1) is 0 Å². The number of allylic oxidation sites excluding steroid dienone is 2. The van der Waals surface area contributed by atoms with Crippen molar-refractivity contribution >= 4 is 0 Å². The second-order valence-electron chi connectivity index (χ2n) is 4.05. The van der Waals surface area contributed by atoms with Gasteiger partial charge in [0, 0.05) is 0 Å². The zero-order valence-electron chi connectivity index (χ0n) is 6.82. The van der Waals surface area contributed by atoms with Gasteiger partial charge in [0.2, 0.25) is 0 Å². The van der Waals surface area contributed by atoms with Crippen molar-refractivity contribution in [3.63, 3.8) is 0 Å². The molecule has 0 heterocycles. The predicted octanol–water partition coefficient (Wildman–Crippen LogP) is 3.29. The molecule has 2 aliphatic carbocycles. The Balaban J connectivity index is 2.04. The molecular weight excluding hydrogens is 120 g/mol. The summed E-state index contributed by atoms with van der Waals surface area (Å²) in [6.07, 6.45) is 11.1. The van der Waals surface area contributed by atoms with Crippen LogP contribution in [0.4, 0.5) is 0 Å². The van der Waals surface area contributed by atoms with Crippen LogP contribution in [0.15, 0.2) is 11.6 Å². The number of hydrogen-bond acceptors (Lipinski definition) is 0. The maximum Gasteiger partial charge on any atom is -0.0113 e. The summed E-state index contributed by atoms with van der Waals surface area (Å²) >= 11 is 0. The number of hydrogen-bond donors (Lipinski definition) is 0. The first-order valence-corrected chi connectivity index (χ1v) is 4.51. The molecule has 0 bridgehead atoms. The molecule has 0 unspecified atom stereocenters. The molecule has 0 N–H and O–H groups in total. The molecule has 0 aromatic rings. The summed E-state index contributed by atoms with van der Waals surface area (Å²) in [5, 5.41) is 0. The third-order valence-corrected chi connectivity index (χ3v) is 3.14. The highest BCUT2D eigenvalue weighted by Gasteiger charge is 2.33. The van der Waals surface area contributed by atoms with E-state index in [4.69, 9.17) is 0 Å². The lowest BCUT2D eigenvalue weighted by molar-refractivity contribution is 0.274. The van der Waals surface area contributed by atoms with Crippen molar-refractivity contribution in [2.75, 3.05) is 0 Å². The van der Waals surface area contributed by atoms with Gasteiger partial charge in [-0.3, -0.25) is 0 Å². The molecule has 0 amide bonds. The predicted molar refractivity (Wildman–Crippen MR) is 43.9 cm³/mol. The molecule has 2 aliphatic rings. The van der Waals surface area contributed by atoms with E-state index >= 15 is 0 Å². The van der Waals surface area contributed by atoms with Gasteiger partial charge in [-0.2, -0.15) is 0 Å². The summed E-state index contributed by atoms with van der Waals surface area (Å²) in [6.45, 7) is 2.45. The summed E-state index contributed by atoms with van der Waals surface area (Å²) in [5.74, 6) is 0. The van der Waals surface area contributed by atoms with Gasteiger partial charge in [-0.15, -0.1) is 0 Å². The fourth-order valence-corrected chi connectivity index (χ4v) is 2.20. The van der Waals surface area contributed by atoms with Crippen molar-refractivity contribution in [3.05, 3.63) is 11.6 Å². The highest BCUT2D eigenvalue weighted by atomic mass is 14.4. The lowest BCUT2D eigenvalue weighted by atomic mass is 9.74. The van der Waals surface area contributed by atoms with E-state index in [1.165, 1.54) is 38.5 Å². The lowest BCUT2D eigenvalue weighted by Gasteiger charge is -2.31. The van der Waals surface area contributed by atoms with Crippen molar-refractivity contribution in [2.45, 2.75) is 45.4 Å². The molecular formula is C10H16. The third kappa shape index (κ3) is 1.00. The summed E-state index contributed by atoms with van der Waals surface area (Å²) in [4.78, 5) is 0. The van der Waals surface area contributed by atoms with Gasteiger partial charge in [-0.1, -0.05) is 37.8 Å². The first kappa shape index (κ1) is 6.45. The van der Waals surface area contributed by atoms with Crippen molar-refractivity contribution < 1.29 is 0 Å². The summed E-state index contributed by atoms with van der Waals surface area (Å²) in [5.41, 5.74) is 2.41. The van der Waals surface area contributed by atoms with Crippen molar-refractivity contribution in [1.82, 2.24) is 0 Å². The van der Waals surface area contributed by atoms with Crippen molar-refractivity contribution in [1.29, 1.82) is 0 Å². The van der Waals surface area contributed by atoms with Gasteiger partial charge < -0.3 is 0 Å². The van der Waals surface area contributed by atoms with Gasteiger partial charge >= 0.3 is 0 Å². The monoisotopic (exact) mass is 136 g/mol. The Bertz CT molecular complexity index is 159. The molecule has 0 radical (unpaired) electrons. The lowest BCUT2D eigenvalue weighted by Crippen LogP contribution is -2.18. The minimum Gasteiger partial charge on any atom is -0.0804 e. The van der Waals surface area contributed by atoms with E-state index in [0.29, 0.717) is 5.41 Å². The van der Waals surface area contributed by atoms with E-state index in [0.717, 1.165) is 0 Å². The molecule has 1 fully saturated rings. The topological polar surface area (TPSA) is 0 Å². The highest BCUT2D eigenvalue weighted by molar-refractivity contribution is 5.29. The average Bonchev–Trinajstić information content (AvgIpc) is 2.69. The van der Waals surface area contributed by atoms with Crippen LogP contribution in [0.5, 0.6) is 0 Å². The summed E-state index contributed by atoms with van der Waals surface area (Å²) in [6, 6.07) is 0. The largest absolute Gasteiger partial charge is 0.0804 e. The van der Waals surface area contributed by atoms with E-state index in [1.807, 2.05) is 0 Å². The Labute approximate surface area is 63.3 Å². The Kier molecular flexibility index (Phi) is 1.36. The fourth-order valence-electron chi connectivity index (χ4n) is 2.20. The van der Waals surface area contributed by atoms with Crippen LogP contribution in [0.3, 0.4) is 0 Å². The molecule has 0 aliphatic heterocycles. The summed E-state index contributed by atoms with van der Waals surface area (Å²) < 4.78 is 0. The molecule has 1 saturated carbocycles. The molecule has 0 spiro atoms. The minimum absolute atomic E-state index is 0.651. The van der Waals surface area contributed by atoms with Crippen molar-refractivity contribution in [3.8, 4) is 0 Å². The normalized spacial score (nSPS) is 29.5. The quantitative estimate of drug-likeness (QED) is 0.485. The summed E-state index contributed by atoms with van der Waals surface area (Å²) in [7, 11) is 0. The molecule has 0 atom stereocenters. The second-order valence-corrected chi connectivity index (χ2v) is 4.05. The van der Waals surface area contributed by atoms with Crippen LogP contribution in [0.25, 0.3) is 0 Å². The third-order valence-electron chi connectivity index (χ3n) is 3.14. The van der Waals surface area contributed by atoms with Crippen LogP contribution in [0, 0.1) is 5.41 Å². The van der Waals surface area contributed by atoms with Gasteiger partial charge in [0.25, 0.3) is 0 Å². The molecule has 0 saturated heterocycles. The zero-order chi connectivity index (χ0) is 7.03. The van der Waals surface area contributed by atoms with Crippen LogP contribution in [-0.2, 0) is 0 Å². The van der Waals surface area contributed by atoms with Crippen LogP contribution >= 0.6 is 0 Å². The average molecular weight is 136 g/mol. The maximum atomic E-state index is 2.45. The molecule has 0 heteroatoms. The fraction of sp³-hybridized carbons (Fsp3) is 0.800. The van der Waals surface area contributed by atoms with Crippen LogP contribution in [-0.4, -0.2) is 0 Å². The van der Waals surface area contributed by atoms with Crippen LogP contribution in [0.2, 0.25) is 0 Å². The zero-order valence-corrected chi connectivity index (χ0v) is 6.82. The van der Waals surface area contributed by atoms with Gasteiger partial charge in [-0.05, 0) is 24.7 Å². The molecule has 0 nitrogen and oxygen atoms in total. The van der Waals surface area contributed by atoms with Crippen LogP contribution < -0.4 is 0 Å². The second kappa shape index (κ2) is 2.11. The van der Waals surface area contributed by atoms with Crippen molar-refractivity contribution in [2.24, 2.45) is 5.41 Å². The molecule has 56 valence electrons. The van der Waals surface area contributed by atoms with Crippen LogP contribution in [0.1, 0.15) is 45.4 Å². The van der Waals surface area contributed by atoms with E-state index in [2.05, 4.69) is 13.0 Å². The SMILES string of the molecule is CC1(C2=CC2)CCCCC1. The number of rotatable bonds is 1. The molecule has 10 heavy (non-hydrogen) atoms. The molecule has 0 aromatic heterocycles. The van der Waals surface area contributed by atoms with E-state index in [-0.39, 0.29) is 0 Å². The van der Waals surface area contributed by atoms with Gasteiger partial charge in [0.15, 0.2) is 0 Å². The first-order chi connectivity index (χ1) is 4.81. The van der Waals surface area contributed by atoms with Gasteiger partial charge in [-0.25, -0.2) is 0 Å². The first-order valence-electron chi connectivity index (χ1n) is 4.51. The Morgan fingerprint density at radius 3 is 2.30 bits per heavy atom. The Hall–Kier alpha value is -0.260. The Morgan fingerprint density at radius 2 is 1.80 bits per heavy atom. The molecule has 2 rings (SSSR count). The minimum atomic E-state index is 0.651. The smallest absolute Gasteiger partial charge is 0.0113 e. The van der Waals surface area contributed by atoms with E-state index in [1.54, 1.807) is 5.57 Å². The van der Waals surface area contributed by atoms with Gasteiger partial charge in [0.1, 0.15) is 0 Å². The highest BCUT2D eigenvalue weighted by Crippen LogP contribution is 2.48. The maximum absolute atomic E-state index is 2.45. The van der Waals surface area contributed by atoms with E-state index in [9.17, 15) is 0 Å².